The molecule has 1 aliphatic rings. The summed E-state index contributed by atoms with van der Waals surface area (Å²) in [5.74, 6) is 0.845. The second kappa shape index (κ2) is 6.58. The third-order valence-corrected chi connectivity index (χ3v) is 3.82. The summed E-state index contributed by atoms with van der Waals surface area (Å²) in [5.41, 5.74) is 0. The second-order valence-corrected chi connectivity index (χ2v) is 5.46. The van der Waals surface area contributed by atoms with Gasteiger partial charge in [0.25, 0.3) is 0 Å². The molecule has 1 aliphatic heterocycles. The van der Waals surface area contributed by atoms with Crippen molar-refractivity contribution in [2.24, 2.45) is 5.92 Å². The lowest BCUT2D eigenvalue weighted by Crippen LogP contribution is -2.46. The van der Waals surface area contributed by atoms with Crippen LogP contribution in [0.5, 0.6) is 0 Å². The van der Waals surface area contributed by atoms with Crippen LogP contribution in [-0.4, -0.2) is 60.8 Å². The van der Waals surface area contributed by atoms with E-state index in [9.17, 15) is 5.11 Å². The summed E-state index contributed by atoms with van der Waals surface area (Å²) in [6.45, 7) is 7.71. The van der Waals surface area contributed by atoms with E-state index < -0.39 is 0 Å². The Balaban J connectivity index is 2.31. The molecule has 0 spiro atoms. The zero-order chi connectivity index (χ0) is 12.1. The van der Waals surface area contributed by atoms with Crippen LogP contribution in [-0.2, 0) is 0 Å². The lowest BCUT2D eigenvalue weighted by Gasteiger charge is -2.38. The Morgan fingerprint density at radius 3 is 2.31 bits per heavy atom. The standard InChI is InChI=1S/C13H28N2O/c1-5-13(16)11(2)15-8-6-12(7-9-15)10-14(3)4/h11-13,16H,5-10H2,1-4H3. The normalized spacial score (nSPS) is 23.6. The smallest absolute Gasteiger partial charge is 0.0690 e. The Hall–Kier alpha value is -0.120. The van der Waals surface area contributed by atoms with Gasteiger partial charge in [-0.1, -0.05) is 6.92 Å². The van der Waals surface area contributed by atoms with Crippen molar-refractivity contribution in [3.63, 3.8) is 0 Å². The second-order valence-electron chi connectivity index (χ2n) is 5.46. The number of aliphatic hydroxyl groups is 1. The molecule has 0 saturated carbocycles. The largest absolute Gasteiger partial charge is 0.392 e. The molecule has 1 rings (SSSR count). The van der Waals surface area contributed by atoms with Gasteiger partial charge in [-0.15, -0.1) is 0 Å². The number of hydrogen-bond acceptors (Lipinski definition) is 3. The van der Waals surface area contributed by atoms with E-state index in [-0.39, 0.29) is 6.10 Å². The van der Waals surface area contributed by atoms with Crippen molar-refractivity contribution in [1.29, 1.82) is 0 Å². The first kappa shape index (κ1) is 13.9. The van der Waals surface area contributed by atoms with Crippen molar-refractivity contribution in [1.82, 2.24) is 9.80 Å². The molecule has 0 aliphatic carbocycles. The molecule has 1 saturated heterocycles. The number of aliphatic hydroxyl groups excluding tert-OH is 1. The van der Waals surface area contributed by atoms with Gasteiger partial charge < -0.3 is 10.0 Å². The summed E-state index contributed by atoms with van der Waals surface area (Å²) >= 11 is 0. The van der Waals surface area contributed by atoms with Crippen molar-refractivity contribution in [3.05, 3.63) is 0 Å². The van der Waals surface area contributed by atoms with E-state index in [4.69, 9.17) is 0 Å². The molecule has 1 fully saturated rings. The van der Waals surface area contributed by atoms with Gasteiger partial charge in [-0.2, -0.15) is 0 Å². The highest BCUT2D eigenvalue weighted by molar-refractivity contribution is 4.80. The molecule has 0 aromatic heterocycles. The predicted molar refractivity (Wildman–Crippen MR) is 68.6 cm³/mol. The molecule has 0 radical (unpaired) electrons. The van der Waals surface area contributed by atoms with E-state index in [0.717, 1.165) is 25.4 Å². The molecular formula is C13H28N2O. The fourth-order valence-corrected chi connectivity index (χ4v) is 2.64. The molecule has 0 bridgehead atoms. The molecule has 0 aromatic rings. The summed E-state index contributed by atoms with van der Waals surface area (Å²) in [4.78, 5) is 4.73. The molecule has 96 valence electrons. The molecule has 0 aromatic carbocycles. The Bertz CT molecular complexity index is 188. The predicted octanol–water partition coefficient (Wildman–Crippen LogP) is 1.42. The highest BCUT2D eigenvalue weighted by Gasteiger charge is 2.25. The van der Waals surface area contributed by atoms with E-state index in [0.29, 0.717) is 6.04 Å². The molecule has 2 unspecified atom stereocenters. The number of piperidine rings is 1. The highest BCUT2D eigenvalue weighted by Crippen LogP contribution is 2.21. The van der Waals surface area contributed by atoms with Gasteiger partial charge in [0.1, 0.15) is 0 Å². The SMILES string of the molecule is CCC(O)C(C)N1CCC(CN(C)C)CC1. The number of hydrogen-bond donors (Lipinski definition) is 1. The van der Waals surface area contributed by atoms with Crippen LogP contribution in [0, 0.1) is 5.92 Å². The molecule has 16 heavy (non-hydrogen) atoms. The molecule has 3 heteroatoms. The van der Waals surface area contributed by atoms with E-state index in [1.807, 2.05) is 0 Å². The fourth-order valence-electron chi connectivity index (χ4n) is 2.64. The third-order valence-electron chi connectivity index (χ3n) is 3.82. The van der Waals surface area contributed by atoms with Crippen LogP contribution in [0.25, 0.3) is 0 Å². The maximum Gasteiger partial charge on any atom is 0.0690 e. The zero-order valence-corrected chi connectivity index (χ0v) is 11.3. The van der Waals surface area contributed by atoms with Crippen LogP contribution in [0.3, 0.4) is 0 Å². The van der Waals surface area contributed by atoms with Crippen LogP contribution >= 0.6 is 0 Å². The van der Waals surface area contributed by atoms with Crippen LogP contribution < -0.4 is 0 Å². The van der Waals surface area contributed by atoms with Gasteiger partial charge in [-0.05, 0) is 59.3 Å². The number of likely N-dealkylation sites (tertiary alicyclic amines) is 1. The molecular weight excluding hydrogens is 200 g/mol. The molecule has 2 atom stereocenters. The van der Waals surface area contributed by atoms with Crippen LogP contribution in [0.2, 0.25) is 0 Å². The van der Waals surface area contributed by atoms with Crippen molar-refractivity contribution in [2.75, 3.05) is 33.7 Å². The zero-order valence-electron chi connectivity index (χ0n) is 11.3. The van der Waals surface area contributed by atoms with Gasteiger partial charge >= 0.3 is 0 Å². The lowest BCUT2D eigenvalue weighted by molar-refractivity contribution is 0.0336. The van der Waals surface area contributed by atoms with Gasteiger partial charge in [-0.25, -0.2) is 0 Å². The minimum absolute atomic E-state index is 0.162. The average Bonchev–Trinajstić information content (AvgIpc) is 2.27. The van der Waals surface area contributed by atoms with E-state index in [1.165, 1.54) is 19.4 Å². The first-order valence-corrected chi connectivity index (χ1v) is 6.61. The Labute approximate surface area is 100 Å². The van der Waals surface area contributed by atoms with Crippen molar-refractivity contribution < 1.29 is 5.11 Å². The van der Waals surface area contributed by atoms with E-state index >= 15 is 0 Å². The van der Waals surface area contributed by atoms with Gasteiger partial charge in [0.2, 0.25) is 0 Å². The van der Waals surface area contributed by atoms with E-state index in [1.54, 1.807) is 0 Å². The first-order chi connectivity index (χ1) is 7.54. The van der Waals surface area contributed by atoms with Gasteiger partial charge in [-0.3, -0.25) is 4.90 Å². The van der Waals surface area contributed by atoms with Gasteiger partial charge in [0, 0.05) is 12.6 Å². The fraction of sp³-hybridized carbons (Fsp3) is 1.00. The van der Waals surface area contributed by atoms with Crippen molar-refractivity contribution in [3.8, 4) is 0 Å². The van der Waals surface area contributed by atoms with Crippen LogP contribution in [0.4, 0.5) is 0 Å². The summed E-state index contributed by atoms with van der Waals surface area (Å²) in [7, 11) is 4.30. The minimum atomic E-state index is -0.162. The Morgan fingerprint density at radius 1 is 1.31 bits per heavy atom. The number of rotatable bonds is 5. The molecule has 3 nitrogen and oxygen atoms in total. The Kier molecular flexibility index (Phi) is 5.73. The minimum Gasteiger partial charge on any atom is -0.392 e. The Morgan fingerprint density at radius 2 is 1.88 bits per heavy atom. The average molecular weight is 228 g/mol. The molecule has 0 amide bonds. The van der Waals surface area contributed by atoms with E-state index in [2.05, 4.69) is 37.7 Å². The summed E-state index contributed by atoms with van der Waals surface area (Å²) < 4.78 is 0. The van der Waals surface area contributed by atoms with Crippen molar-refractivity contribution in [2.45, 2.75) is 45.3 Å². The maximum atomic E-state index is 9.84. The van der Waals surface area contributed by atoms with Crippen LogP contribution in [0.1, 0.15) is 33.1 Å². The maximum absolute atomic E-state index is 9.84. The topological polar surface area (TPSA) is 26.7 Å². The van der Waals surface area contributed by atoms with Gasteiger partial charge in [0.05, 0.1) is 6.10 Å². The summed E-state index contributed by atoms with van der Waals surface area (Å²) in [6, 6.07) is 0.324. The summed E-state index contributed by atoms with van der Waals surface area (Å²) in [6.07, 6.45) is 3.25. The quantitative estimate of drug-likeness (QED) is 0.771. The monoisotopic (exact) mass is 228 g/mol. The lowest BCUT2D eigenvalue weighted by atomic mass is 9.94. The number of nitrogens with zero attached hydrogens (tertiary/aromatic N) is 2. The molecule has 1 N–H and O–H groups in total. The molecule has 1 heterocycles. The highest BCUT2D eigenvalue weighted by atomic mass is 16.3. The van der Waals surface area contributed by atoms with Gasteiger partial charge in [0.15, 0.2) is 0 Å². The third kappa shape index (κ3) is 4.04. The summed E-state index contributed by atoms with van der Waals surface area (Å²) in [5, 5.41) is 9.84. The van der Waals surface area contributed by atoms with Crippen molar-refractivity contribution >= 4 is 0 Å². The van der Waals surface area contributed by atoms with Crippen LogP contribution in [0.15, 0.2) is 0 Å². The first-order valence-electron chi connectivity index (χ1n) is 6.61.